The first-order valence-corrected chi connectivity index (χ1v) is 13.7. The summed E-state index contributed by atoms with van der Waals surface area (Å²) in [5, 5.41) is 7.58. The summed E-state index contributed by atoms with van der Waals surface area (Å²) in [7, 11) is 0. The Labute approximate surface area is 229 Å². The van der Waals surface area contributed by atoms with Crippen LogP contribution in [0.5, 0.6) is 0 Å². The van der Waals surface area contributed by atoms with E-state index in [4.69, 9.17) is 9.26 Å². The van der Waals surface area contributed by atoms with E-state index in [0.717, 1.165) is 66.0 Å². The molecule has 3 saturated carbocycles. The molecule has 0 bridgehead atoms. The number of benzene rings is 1. The second-order valence-corrected chi connectivity index (χ2v) is 11.1. The molecular weight excluding hydrogens is 518 g/mol. The Morgan fingerprint density at radius 3 is 2.62 bits per heavy atom. The molecule has 208 valence electrons. The number of aromatic amines is 1. The summed E-state index contributed by atoms with van der Waals surface area (Å²) in [5.74, 6) is 2.13. The fraction of sp³-hybridized carbons (Fsp3) is 0.400. The van der Waals surface area contributed by atoms with Gasteiger partial charge in [-0.3, -0.25) is 14.5 Å². The van der Waals surface area contributed by atoms with Gasteiger partial charge in [0.2, 0.25) is 0 Å². The van der Waals surface area contributed by atoms with Crippen LogP contribution in [-0.2, 0) is 11.3 Å². The number of hydrogen-bond donors (Lipinski definition) is 1. The minimum absolute atomic E-state index is 0. The van der Waals surface area contributed by atoms with Gasteiger partial charge in [-0.2, -0.15) is 0 Å². The van der Waals surface area contributed by atoms with Crippen LogP contribution >= 0.6 is 0 Å². The second-order valence-electron chi connectivity index (χ2n) is 11.1. The largest absolute Gasteiger partial charge is 0.439 e. The summed E-state index contributed by atoms with van der Waals surface area (Å²) >= 11 is 0. The lowest BCUT2D eigenvalue weighted by molar-refractivity contribution is 0.0153. The number of fused-ring (bicyclic) bond motifs is 1. The van der Waals surface area contributed by atoms with Crippen LogP contribution in [0.1, 0.15) is 56.5 Å². The van der Waals surface area contributed by atoms with E-state index in [1.807, 2.05) is 19.1 Å². The number of hydrogen-bond acceptors (Lipinski definition) is 7. The first-order valence-electron chi connectivity index (χ1n) is 13.7. The SMILES string of the molecule is Cc1ccc(-c2noc(=O)[nH]2)cn1.Fc1cccc(F)c1-c1noc(C2CC2)c1CO[C@H]1CC=C2C3C[C@H](C1)C23.[HH]. The van der Waals surface area contributed by atoms with Gasteiger partial charge in [0.1, 0.15) is 23.1 Å². The number of H-pyrrole nitrogens is 1. The first-order chi connectivity index (χ1) is 19.5. The molecule has 8 nitrogen and oxygen atoms in total. The highest BCUT2D eigenvalue weighted by atomic mass is 19.1. The maximum absolute atomic E-state index is 14.3. The number of pyridine rings is 1. The monoisotopic (exact) mass is 548 g/mol. The number of allylic oxidation sites excluding steroid dienone is 1. The van der Waals surface area contributed by atoms with Crippen molar-refractivity contribution >= 4 is 0 Å². The first kappa shape index (κ1) is 25.1. The minimum atomic E-state index is -0.619. The van der Waals surface area contributed by atoms with Crippen LogP contribution in [0.3, 0.4) is 0 Å². The second kappa shape index (κ2) is 9.92. The van der Waals surface area contributed by atoms with Crippen LogP contribution in [0.25, 0.3) is 22.6 Å². The van der Waals surface area contributed by atoms with E-state index in [0.29, 0.717) is 18.3 Å². The number of nitrogens with one attached hydrogen (secondary N) is 1. The van der Waals surface area contributed by atoms with Crippen LogP contribution in [0, 0.1) is 36.3 Å². The maximum Gasteiger partial charge on any atom is 0.439 e. The number of rotatable bonds is 6. The predicted molar refractivity (Wildman–Crippen MR) is 142 cm³/mol. The van der Waals surface area contributed by atoms with Crippen LogP contribution in [0.15, 0.2) is 62.0 Å². The molecular formula is C30H30F2N4O4. The Morgan fingerprint density at radius 2 is 1.93 bits per heavy atom. The lowest BCUT2D eigenvalue weighted by atomic mass is 9.81. The highest BCUT2D eigenvalue weighted by molar-refractivity contribution is 5.65. The zero-order valence-corrected chi connectivity index (χ0v) is 21.9. The molecule has 4 atom stereocenters. The average Bonchev–Trinajstić information content (AvgIpc) is 3.76. The van der Waals surface area contributed by atoms with Gasteiger partial charge < -0.3 is 9.26 Å². The molecule has 0 amide bonds. The van der Waals surface area contributed by atoms with Crippen LogP contribution < -0.4 is 5.76 Å². The van der Waals surface area contributed by atoms with Crippen molar-refractivity contribution in [2.75, 3.05) is 0 Å². The minimum Gasteiger partial charge on any atom is -0.373 e. The molecule has 4 aliphatic rings. The molecule has 40 heavy (non-hydrogen) atoms. The molecule has 8 rings (SSSR count). The van der Waals surface area contributed by atoms with Crippen molar-refractivity contribution in [1.82, 2.24) is 20.3 Å². The van der Waals surface area contributed by atoms with E-state index in [9.17, 15) is 13.6 Å². The lowest BCUT2D eigenvalue weighted by Crippen LogP contribution is -2.24. The highest BCUT2D eigenvalue weighted by Gasteiger charge is 2.59. The molecule has 10 heteroatoms. The molecule has 0 radical (unpaired) electrons. The van der Waals surface area contributed by atoms with E-state index >= 15 is 0 Å². The molecule has 1 aromatic carbocycles. The summed E-state index contributed by atoms with van der Waals surface area (Å²) < 4.78 is 44.8. The van der Waals surface area contributed by atoms with Crippen molar-refractivity contribution in [1.29, 1.82) is 0 Å². The maximum atomic E-state index is 14.3. The number of aryl methyl sites for hydroxylation is 1. The zero-order chi connectivity index (χ0) is 27.4. The van der Waals surface area contributed by atoms with Crippen molar-refractivity contribution in [3.63, 3.8) is 0 Å². The molecule has 0 spiro atoms. The topological polar surface area (TPSA) is 107 Å². The van der Waals surface area contributed by atoms with Crippen molar-refractivity contribution in [3.05, 3.63) is 87.4 Å². The fourth-order valence-electron chi connectivity index (χ4n) is 6.10. The molecule has 3 fully saturated rings. The fourth-order valence-corrected chi connectivity index (χ4v) is 6.10. The van der Waals surface area contributed by atoms with Crippen LogP contribution in [0.4, 0.5) is 8.78 Å². The summed E-state index contributed by atoms with van der Waals surface area (Å²) in [6, 6.07) is 7.53. The van der Waals surface area contributed by atoms with E-state index in [1.165, 1.54) is 24.6 Å². The number of nitrogens with zero attached hydrogens (tertiary/aromatic N) is 3. The van der Waals surface area contributed by atoms with Crippen molar-refractivity contribution in [3.8, 4) is 22.6 Å². The smallest absolute Gasteiger partial charge is 0.373 e. The molecule has 4 aliphatic carbocycles. The highest BCUT2D eigenvalue weighted by Crippen LogP contribution is 2.67. The van der Waals surface area contributed by atoms with Crippen molar-refractivity contribution < 1.29 is 24.0 Å². The van der Waals surface area contributed by atoms with Crippen molar-refractivity contribution in [2.24, 2.45) is 17.8 Å². The summed E-state index contributed by atoms with van der Waals surface area (Å²) in [4.78, 5) is 17.1. The van der Waals surface area contributed by atoms with Gasteiger partial charge in [-0.1, -0.05) is 28.0 Å². The average molecular weight is 549 g/mol. The third-order valence-electron chi connectivity index (χ3n) is 8.44. The van der Waals surface area contributed by atoms with Crippen LogP contribution in [-0.4, -0.2) is 26.4 Å². The standard InChI is InChI=1S/C22H21F2NO2.C8H7N3O2.H2/c23-17-2-1-3-18(24)20(17)21-16(22(27-25-21)11-4-5-11)10-26-13-6-7-14-15-9-12(8-13)19(14)15;1-5-2-3-6(4-9-5)7-10-8(12)13-11-7;/h1-3,7,11-13,15,19H,4-6,8-10H2;2-4H,1H3,(H,10,11,12);1H/t12-,13-,15?,19?;;/m0../s1. The molecule has 2 unspecified atom stereocenters. The summed E-state index contributed by atoms with van der Waals surface area (Å²) in [6.45, 7) is 2.18. The Morgan fingerprint density at radius 1 is 1.10 bits per heavy atom. The summed E-state index contributed by atoms with van der Waals surface area (Å²) in [6.07, 6.45) is 9.54. The van der Waals surface area contributed by atoms with Gasteiger partial charge in [0.05, 0.1) is 18.3 Å². The van der Waals surface area contributed by atoms with E-state index in [-0.39, 0.29) is 18.8 Å². The lowest BCUT2D eigenvalue weighted by Gasteiger charge is -2.28. The Balaban J connectivity index is 0.000000183. The Kier molecular flexibility index (Phi) is 6.22. The van der Waals surface area contributed by atoms with E-state index in [1.54, 1.807) is 11.8 Å². The van der Waals surface area contributed by atoms with Crippen LogP contribution in [0.2, 0.25) is 0 Å². The van der Waals surface area contributed by atoms with Gasteiger partial charge in [0.25, 0.3) is 0 Å². The van der Waals surface area contributed by atoms with Gasteiger partial charge in [0, 0.05) is 30.4 Å². The molecule has 0 aliphatic heterocycles. The summed E-state index contributed by atoms with van der Waals surface area (Å²) in [5.41, 5.74) is 4.15. The predicted octanol–water partition coefficient (Wildman–Crippen LogP) is 6.35. The molecule has 4 aromatic rings. The number of ether oxygens (including phenoxy) is 1. The quantitative estimate of drug-likeness (QED) is 0.280. The molecule has 3 heterocycles. The third kappa shape index (κ3) is 4.70. The van der Waals surface area contributed by atoms with E-state index in [2.05, 4.69) is 30.9 Å². The van der Waals surface area contributed by atoms with Gasteiger partial charge >= 0.3 is 5.76 Å². The number of aromatic nitrogens is 4. The molecule has 0 saturated heterocycles. The number of halogens is 2. The molecule has 3 aromatic heterocycles. The zero-order valence-electron chi connectivity index (χ0n) is 21.9. The van der Waals surface area contributed by atoms with Gasteiger partial charge in [-0.25, -0.2) is 13.6 Å². The molecule has 1 N–H and O–H groups in total. The Hall–Kier alpha value is -3.92. The van der Waals surface area contributed by atoms with Crippen molar-refractivity contribution in [2.45, 2.75) is 57.7 Å². The Bertz CT molecular complexity index is 1620. The van der Waals surface area contributed by atoms with E-state index < -0.39 is 17.4 Å². The van der Waals surface area contributed by atoms with Gasteiger partial charge in [-0.15, -0.1) is 0 Å². The van der Waals surface area contributed by atoms with Gasteiger partial charge in [-0.05, 0) is 81.0 Å². The van der Waals surface area contributed by atoms with Gasteiger partial charge in [0.15, 0.2) is 5.82 Å². The third-order valence-corrected chi connectivity index (χ3v) is 8.44. The normalized spacial score (nSPS) is 24.2.